The predicted molar refractivity (Wildman–Crippen MR) is 87.4 cm³/mol. The number of carbonyl (C=O) groups is 1. The van der Waals surface area contributed by atoms with Crippen molar-refractivity contribution in [2.75, 3.05) is 39.8 Å². The van der Waals surface area contributed by atoms with E-state index < -0.39 is 0 Å². The first-order valence-electron chi connectivity index (χ1n) is 7.59. The van der Waals surface area contributed by atoms with E-state index in [1.807, 2.05) is 11.9 Å². The third kappa shape index (κ3) is 6.91. The molecule has 0 saturated carbocycles. The molecule has 120 valence electrons. The maximum Gasteiger partial charge on any atom is 0.236 e. The monoisotopic (exact) mass is 305 g/mol. The Bertz CT molecular complexity index is 274. The Balaban J connectivity index is 0.00000361. The van der Waals surface area contributed by atoms with Crippen molar-refractivity contribution < 1.29 is 4.79 Å². The molecule has 1 rings (SSSR count). The highest BCUT2D eigenvalue weighted by atomic mass is 35.5. The van der Waals surface area contributed by atoms with E-state index in [4.69, 9.17) is 0 Å². The zero-order chi connectivity index (χ0) is 14.4. The Morgan fingerprint density at radius 1 is 1.25 bits per heavy atom. The maximum atomic E-state index is 12.4. The quantitative estimate of drug-likeness (QED) is 0.779. The van der Waals surface area contributed by atoms with Gasteiger partial charge in [0, 0.05) is 32.2 Å². The van der Waals surface area contributed by atoms with E-state index in [1.165, 1.54) is 0 Å². The lowest BCUT2D eigenvalue weighted by Crippen LogP contribution is -2.43. The molecule has 0 aromatic rings. The molecule has 1 unspecified atom stereocenters. The van der Waals surface area contributed by atoms with Crippen LogP contribution in [0.15, 0.2) is 0 Å². The van der Waals surface area contributed by atoms with E-state index in [1.54, 1.807) is 0 Å². The van der Waals surface area contributed by atoms with Crippen LogP contribution in [-0.2, 0) is 4.79 Å². The van der Waals surface area contributed by atoms with Gasteiger partial charge < -0.3 is 10.2 Å². The summed E-state index contributed by atoms with van der Waals surface area (Å²) in [6.07, 6.45) is 1.15. The van der Waals surface area contributed by atoms with Crippen LogP contribution in [0.4, 0.5) is 0 Å². The zero-order valence-corrected chi connectivity index (χ0v) is 14.5. The van der Waals surface area contributed by atoms with Crippen LogP contribution in [0.2, 0.25) is 0 Å². The number of nitrogens with zero attached hydrogens (tertiary/aromatic N) is 2. The normalized spacial score (nSPS) is 19.4. The maximum absolute atomic E-state index is 12.4. The second-order valence-electron chi connectivity index (χ2n) is 6.60. The van der Waals surface area contributed by atoms with Crippen LogP contribution < -0.4 is 5.32 Å². The molecule has 0 aromatic heterocycles. The molecule has 0 aliphatic carbocycles. The van der Waals surface area contributed by atoms with E-state index in [2.05, 4.69) is 37.9 Å². The fraction of sp³-hybridized carbons (Fsp3) is 0.933. The topological polar surface area (TPSA) is 35.6 Å². The van der Waals surface area contributed by atoms with Crippen molar-refractivity contribution in [3.8, 4) is 0 Å². The number of hydrogen-bond acceptors (Lipinski definition) is 3. The Morgan fingerprint density at radius 2 is 1.80 bits per heavy atom. The van der Waals surface area contributed by atoms with Gasteiger partial charge in [-0.2, -0.15) is 0 Å². The number of hydrogen-bond donors (Lipinski definition) is 1. The van der Waals surface area contributed by atoms with E-state index in [0.717, 1.165) is 32.6 Å². The van der Waals surface area contributed by atoms with Crippen LogP contribution in [0.3, 0.4) is 0 Å². The summed E-state index contributed by atoms with van der Waals surface area (Å²) in [7, 11) is 2.00. The van der Waals surface area contributed by atoms with Gasteiger partial charge in [0.25, 0.3) is 0 Å². The molecule has 1 fully saturated rings. The number of nitrogens with one attached hydrogen (secondary N) is 1. The second kappa shape index (κ2) is 9.59. The molecule has 0 radical (unpaired) electrons. The first-order valence-corrected chi connectivity index (χ1v) is 7.59. The van der Waals surface area contributed by atoms with Gasteiger partial charge in [-0.05, 0) is 25.3 Å². The van der Waals surface area contributed by atoms with Crippen LogP contribution in [-0.4, -0.2) is 61.5 Å². The molecule has 0 spiro atoms. The van der Waals surface area contributed by atoms with Crippen molar-refractivity contribution in [2.45, 2.75) is 40.2 Å². The number of carbonyl (C=O) groups excluding carboxylic acids is 1. The van der Waals surface area contributed by atoms with Crippen molar-refractivity contribution in [3.63, 3.8) is 0 Å². The average Bonchev–Trinajstić information content (AvgIpc) is 2.74. The minimum atomic E-state index is 0. The summed E-state index contributed by atoms with van der Waals surface area (Å²) in [5.74, 6) is 1.36. The summed E-state index contributed by atoms with van der Waals surface area (Å²) in [6, 6.07) is 0.552. The van der Waals surface area contributed by atoms with Gasteiger partial charge in [0.1, 0.15) is 0 Å². The average molecular weight is 306 g/mol. The first kappa shape index (κ1) is 19.7. The minimum Gasteiger partial charge on any atom is -0.341 e. The van der Waals surface area contributed by atoms with Gasteiger partial charge >= 0.3 is 0 Å². The van der Waals surface area contributed by atoms with Crippen molar-refractivity contribution in [1.29, 1.82) is 0 Å². The largest absolute Gasteiger partial charge is 0.341 e. The minimum absolute atomic E-state index is 0. The summed E-state index contributed by atoms with van der Waals surface area (Å²) >= 11 is 0. The fourth-order valence-electron chi connectivity index (χ4n) is 2.66. The number of likely N-dealkylation sites (tertiary alicyclic amines) is 1. The molecule has 0 bridgehead atoms. The molecule has 1 aliphatic rings. The van der Waals surface area contributed by atoms with Gasteiger partial charge in [0.15, 0.2) is 0 Å². The zero-order valence-electron chi connectivity index (χ0n) is 13.7. The van der Waals surface area contributed by atoms with Gasteiger partial charge in [-0.15, -0.1) is 12.4 Å². The van der Waals surface area contributed by atoms with E-state index >= 15 is 0 Å². The van der Waals surface area contributed by atoms with Gasteiger partial charge in [0.2, 0.25) is 5.91 Å². The van der Waals surface area contributed by atoms with Crippen molar-refractivity contribution in [3.05, 3.63) is 0 Å². The van der Waals surface area contributed by atoms with Crippen LogP contribution in [0, 0.1) is 11.8 Å². The third-order valence-corrected chi connectivity index (χ3v) is 3.56. The van der Waals surface area contributed by atoms with E-state index in [9.17, 15) is 4.79 Å². The molecule has 1 heterocycles. The Labute approximate surface area is 130 Å². The highest BCUT2D eigenvalue weighted by Gasteiger charge is 2.25. The van der Waals surface area contributed by atoms with Gasteiger partial charge in [-0.3, -0.25) is 9.69 Å². The summed E-state index contributed by atoms with van der Waals surface area (Å²) in [4.78, 5) is 16.7. The molecule has 1 aliphatic heterocycles. The Morgan fingerprint density at radius 3 is 2.20 bits per heavy atom. The van der Waals surface area contributed by atoms with Crippen LogP contribution >= 0.6 is 12.4 Å². The number of likely N-dealkylation sites (N-methyl/N-ethyl adjacent to an activating group) is 1. The first-order chi connectivity index (χ1) is 8.92. The third-order valence-electron chi connectivity index (χ3n) is 3.56. The lowest BCUT2D eigenvalue weighted by atomic mass is 10.1. The number of amides is 1. The molecule has 0 aromatic carbocycles. The lowest BCUT2D eigenvalue weighted by Gasteiger charge is -2.28. The van der Waals surface area contributed by atoms with Crippen molar-refractivity contribution in [1.82, 2.24) is 15.1 Å². The molecular formula is C15H32ClN3O. The van der Waals surface area contributed by atoms with Crippen molar-refractivity contribution >= 4 is 18.3 Å². The van der Waals surface area contributed by atoms with Crippen LogP contribution in [0.25, 0.3) is 0 Å². The van der Waals surface area contributed by atoms with Gasteiger partial charge in [0.05, 0.1) is 6.54 Å². The van der Waals surface area contributed by atoms with E-state index in [0.29, 0.717) is 30.3 Å². The predicted octanol–water partition coefficient (Wildman–Crippen LogP) is 1.84. The molecule has 1 N–H and O–H groups in total. The molecule has 1 saturated heterocycles. The Kier molecular flexibility index (Phi) is 9.43. The summed E-state index contributed by atoms with van der Waals surface area (Å²) in [6.45, 7) is 13.1. The van der Waals surface area contributed by atoms with Gasteiger partial charge in [-0.25, -0.2) is 0 Å². The highest BCUT2D eigenvalue weighted by Crippen LogP contribution is 2.10. The van der Waals surface area contributed by atoms with E-state index in [-0.39, 0.29) is 12.4 Å². The summed E-state index contributed by atoms with van der Waals surface area (Å²) < 4.78 is 0. The molecule has 4 nitrogen and oxygen atoms in total. The fourth-order valence-corrected chi connectivity index (χ4v) is 2.66. The smallest absolute Gasteiger partial charge is 0.236 e. The van der Waals surface area contributed by atoms with Gasteiger partial charge in [-0.1, -0.05) is 27.7 Å². The standard InChI is InChI=1S/C15H31N3O.ClH/c1-12(2)8-18(9-13(3)4)15(19)11-17-7-6-14(10-17)16-5;/h12-14,16H,6-11H2,1-5H3;1H. The number of rotatable bonds is 7. The lowest BCUT2D eigenvalue weighted by molar-refractivity contribution is -0.133. The summed E-state index contributed by atoms with van der Waals surface area (Å²) in [5, 5.41) is 3.29. The summed E-state index contributed by atoms with van der Waals surface area (Å²) in [5.41, 5.74) is 0. The molecule has 1 atom stereocenters. The second-order valence-corrected chi connectivity index (χ2v) is 6.60. The Hall–Kier alpha value is -0.320. The van der Waals surface area contributed by atoms with Crippen molar-refractivity contribution in [2.24, 2.45) is 11.8 Å². The molecular weight excluding hydrogens is 274 g/mol. The number of halogens is 1. The van der Waals surface area contributed by atoms with Crippen LogP contribution in [0.5, 0.6) is 0 Å². The van der Waals surface area contributed by atoms with Crippen LogP contribution in [0.1, 0.15) is 34.1 Å². The SMILES string of the molecule is CNC1CCN(CC(=O)N(CC(C)C)CC(C)C)C1.Cl. The molecule has 1 amide bonds. The highest BCUT2D eigenvalue weighted by molar-refractivity contribution is 5.85. The molecule has 20 heavy (non-hydrogen) atoms. The molecule has 5 heteroatoms.